The number of rotatable bonds is 2. The summed E-state index contributed by atoms with van der Waals surface area (Å²) >= 11 is 0. The van der Waals surface area contributed by atoms with Crippen LogP contribution in [0.15, 0.2) is 59.7 Å². The largest absolute Gasteiger partial charge is 0.289 e. The fourth-order valence-electron chi connectivity index (χ4n) is 3.57. The Balaban J connectivity index is 1.98. The fourth-order valence-corrected chi connectivity index (χ4v) is 3.57. The van der Waals surface area contributed by atoms with Crippen molar-refractivity contribution >= 4 is 17.9 Å². The minimum atomic E-state index is 0.0776. The zero-order chi connectivity index (χ0) is 21.0. The number of Topliss-reactive ketones (excluding diaryl/α,β-unsaturated/α-hetero) is 1. The number of carbonyl (C=O) groups excluding carboxylic acids is 1. The lowest BCUT2D eigenvalue weighted by molar-refractivity contribution is -0.113. The third-order valence-electron chi connectivity index (χ3n) is 5.50. The van der Waals surface area contributed by atoms with Crippen molar-refractivity contribution in [3.05, 3.63) is 81.9 Å². The molecule has 29 heavy (non-hydrogen) atoms. The van der Waals surface area contributed by atoms with Gasteiger partial charge < -0.3 is 0 Å². The second-order valence-corrected chi connectivity index (χ2v) is 8.61. The molecule has 1 saturated carbocycles. The highest BCUT2D eigenvalue weighted by molar-refractivity contribution is 6.14. The Labute approximate surface area is 172 Å². The first-order valence-corrected chi connectivity index (χ1v) is 9.76. The highest BCUT2D eigenvalue weighted by Gasteiger charge is 2.34. The van der Waals surface area contributed by atoms with E-state index in [2.05, 4.69) is 32.9 Å². The number of hydrogen-bond acceptors (Lipinski definition) is 3. The number of allylic oxidation sites excluding steroid dienone is 2. The minimum Gasteiger partial charge on any atom is -0.289 e. The van der Waals surface area contributed by atoms with Crippen LogP contribution in [-0.2, 0) is 4.79 Å². The second-order valence-electron chi connectivity index (χ2n) is 8.61. The first-order valence-electron chi connectivity index (χ1n) is 9.76. The number of nitriles is 2. The van der Waals surface area contributed by atoms with Crippen molar-refractivity contribution in [1.82, 2.24) is 0 Å². The molecule has 0 radical (unpaired) electrons. The Morgan fingerprint density at radius 3 is 1.48 bits per heavy atom. The van der Waals surface area contributed by atoms with E-state index in [-0.39, 0.29) is 11.2 Å². The molecule has 1 unspecified atom stereocenters. The van der Waals surface area contributed by atoms with Crippen LogP contribution in [0.1, 0.15) is 55.9 Å². The summed E-state index contributed by atoms with van der Waals surface area (Å²) in [4.78, 5) is 13.2. The average Bonchev–Trinajstić information content (AvgIpc) is 2.71. The summed E-state index contributed by atoms with van der Waals surface area (Å²) in [5, 5.41) is 18.0. The molecular weight excluding hydrogens is 356 g/mol. The van der Waals surface area contributed by atoms with Gasteiger partial charge in [0.2, 0.25) is 0 Å². The van der Waals surface area contributed by atoms with Gasteiger partial charge in [0.25, 0.3) is 0 Å². The molecule has 0 amide bonds. The summed E-state index contributed by atoms with van der Waals surface area (Å²) in [5.74, 6) is 0.439. The van der Waals surface area contributed by atoms with E-state index in [4.69, 9.17) is 10.5 Å². The molecule has 144 valence electrons. The molecule has 3 nitrogen and oxygen atoms in total. The van der Waals surface area contributed by atoms with Crippen molar-refractivity contribution in [2.24, 2.45) is 11.3 Å². The summed E-state index contributed by atoms with van der Waals surface area (Å²) in [6.07, 6.45) is 5.39. The number of carbonyl (C=O) groups is 1. The van der Waals surface area contributed by atoms with Gasteiger partial charge >= 0.3 is 0 Å². The number of nitrogens with zero attached hydrogens (tertiary/aromatic N) is 2. The highest BCUT2D eigenvalue weighted by atomic mass is 16.1. The molecule has 0 aliphatic heterocycles. The first-order chi connectivity index (χ1) is 13.8. The van der Waals surface area contributed by atoms with Crippen LogP contribution < -0.4 is 0 Å². The van der Waals surface area contributed by atoms with E-state index in [1.54, 1.807) is 24.3 Å². The summed E-state index contributed by atoms with van der Waals surface area (Å²) in [6.45, 7) is 6.64. The van der Waals surface area contributed by atoms with E-state index in [0.717, 1.165) is 35.1 Å². The van der Waals surface area contributed by atoms with Crippen molar-refractivity contribution < 1.29 is 4.79 Å². The van der Waals surface area contributed by atoms with Crippen LogP contribution in [0.4, 0.5) is 0 Å². The van der Waals surface area contributed by atoms with E-state index in [1.165, 1.54) is 0 Å². The molecule has 0 N–H and O–H groups in total. The van der Waals surface area contributed by atoms with Gasteiger partial charge in [0.05, 0.1) is 23.3 Å². The predicted octanol–water partition coefficient (Wildman–Crippen LogP) is 5.92. The number of benzene rings is 2. The Morgan fingerprint density at radius 2 is 1.17 bits per heavy atom. The van der Waals surface area contributed by atoms with Gasteiger partial charge in [-0.05, 0) is 71.7 Å². The van der Waals surface area contributed by atoms with E-state index >= 15 is 0 Å². The zero-order valence-electron chi connectivity index (χ0n) is 17.1. The molecule has 0 heterocycles. The molecule has 0 bridgehead atoms. The molecule has 3 heteroatoms. The number of hydrogen-bond donors (Lipinski definition) is 0. The molecule has 1 fully saturated rings. The molecule has 0 aromatic heterocycles. The minimum absolute atomic E-state index is 0.0776. The van der Waals surface area contributed by atoms with Crippen LogP contribution in [0, 0.1) is 34.0 Å². The predicted molar refractivity (Wildman–Crippen MR) is 115 cm³/mol. The Morgan fingerprint density at radius 1 is 0.793 bits per heavy atom. The topological polar surface area (TPSA) is 64.7 Å². The van der Waals surface area contributed by atoms with Crippen molar-refractivity contribution in [2.45, 2.75) is 33.6 Å². The normalized spacial score (nSPS) is 19.8. The zero-order valence-corrected chi connectivity index (χ0v) is 17.1. The van der Waals surface area contributed by atoms with E-state index in [9.17, 15) is 4.79 Å². The summed E-state index contributed by atoms with van der Waals surface area (Å²) < 4.78 is 0. The van der Waals surface area contributed by atoms with Crippen LogP contribution in [-0.4, -0.2) is 5.78 Å². The molecule has 3 rings (SSSR count). The lowest BCUT2D eigenvalue weighted by Gasteiger charge is -2.35. The Bertz CT molecular complexity index is 971. The van der Waals surface area contributed by atoms with Crippen molar-refractivity contribution in [3.63, 3.8) is 0 Å². The molecule has 2 aromatic carbocycles. The summed E-state index contributed by atoms with van der Waals surface area (Å²) in [6, 6.07) is 18.8. The highest BCUT2D eigenvalue weighted by Crippen LogP contribution is 2.41. The quantitative estimate of drug-likeness (QED) is 0.607. The first kappa shape index (κ1) is 20.3. The molecule has 0 spiro atoms. The summed E-state index contributed by atoms with van der Waals surface area (Å²) in [5.41, 5.74) is 4.77. The molecular formula is C26H24N2O. The van der Waals surface area contributed by atoms with E-state index < -0.39 is 0 Å². The molecule has 1 aliphatic carbocycles. The monoisotopic (exact) mass is 380 g/mol. The van der Waals surface area contributed by atoms with Gasteiger partial charge in [-0.1, -0.05) is 45.0 Å². The van der Waals surface area contributed by atoms with Crippen LogP contribution in [0.3, 0.4) is 0 Å². The van der Waals surface area contributed by atoms with Crippen LogP contribution in [0.2, 0.25) is 0 Å². The third-order valence-corrected chi connectivity index (χ3v) is 5.50. The van der Waals surface area contributed by atoms with Gasteiger partial charge in [-0.25, -0.2) is 0 Å². The maximum atomic E-state index is 13.2. The van der Waals surface area contributed by atoms with Crippen LogP contribution >= 0.6 is 0 Å². The molecule has 1 atom stereocenters. The van der Waals surface area contributed by atoms with Crippen LogP contribution in [0.25, 0.3) is 12.2 Å². The van der Waals surface area contributed by atoms with Gasteiger partial charge in [0.15, 0.2) is 5.78 Å². The summed E-state index contributed by atoms with van der Waals surface area (Å²) in [7, 11) is 0. The second kappa shape index (κ2) is 8.29. The van der Waals surface area contributed by atoms with Crippen molar-refractivity contribution in [1.29, 1.82) is 10.5 Å². The molecule has 0 saturated heterocycles. The van der Waals surface area contributed by atoms with E-state index in [0.29, 0.717) is 17.0 Å². The lowest BCUT2D eigenvalue weighted by Crippen LogP contribution is -2.29. The van der Waals surface area contributed by atoms with E-state index in [1.807, 2.05) is 36.4 Å². The lowest BCUT2D eigenvalue weighted by atomic mass is 9.68. The van der Waals surface area contributed by atoms with Gasteiger partial charge in [-0.2, -0.15) is 10.5 Å². The van der Waals surface area contributed by atoms with Gasteiger partial charge in [0, 0.05) is 11.1 Å². The SMILES string of the molecule is CC(C)(C)C1C/C(=C/c2ccc(C#N)cc2)C(=O)/C(=C/c2ccc(C#N)cc2)C1. The standard InChI is InChI=1S/C26H24N2O/c1-26(2,3)24-14-22(12-18-4-8-20(16-27)9-5-18)25(29)23(15-24)13-19-6-10-21(17-28)11-7-19/h4-13,24H,14-15H2,1-3H3/b22-12-,23-13+. The third kappa shape index (κ3) is 4.89. The molecule has 2 aromatic rings. The van der Waals surface area contributed by atoms with Gasteiger partial charge in [0.1, 0.15) is 0 Å². The van der Waals surface area contributed by atoms with Crippen molar-refractivity contribution in [3.8, 4) is 12.1 Å². The average molecular weight is 380 g/mol. The van der Waals surface area contributed by atoms with Gasteiger partial charge in [-0.15, -0.1) is 0 Å². The maximum absolute atomic E-state index is 13.2. The van der Waals surface area contributed by atoms with Gasteiger partial charge in [-0.3, -0.25) is 4.79 Å². The van der Waals surface area contributed by atoms with Crippen molar-refractivity contribution in [2.75, 3.05) is 0 Å². The number of ketones is 1. The van der Waals surface area contributed by atoms with Crippen LogP contribution in [0.5, 0.6) is 0 Å². The fraction of sp³-hybridized carbons (Fsp3) is 0.269. The smallest absolute Gasteiger partial charge is 0.185 e. The Hall–Kier alpha value is -3.43. The maximum Gasteiger partial charge on any atom is 0.185 e. The molecule has 1 aliphatic rings. The Kier molecular flexibility index (Phi) is 5.81.